The monoisotopic (exact) mass is 245 g/mol. The van der Waals surface area contributed by atoms with Crippen molar-refractivity contribution in [2.75, 3.05) is 0 Å². The third-order valence-electron chi connectivity index (χ3n) is 3.03. The van der Waals surface area contributed by atoms with E-state index in [1.807, 2.05) is 39.1 Å². The van der Waals surface area contributed by atoms with Gasteiger partial charge in [0.15, 0.2) is 5.65 Å². The second-order valence-corrected chi connectivity index (χ2v) is 4.73. The van der Waals surface area contributed by atoms with Crippen molar-refractivity contribution in [3.63, 3.8) is 0 Å². The van der Waals surface area contributed by atoms with Gasteiger partial charge in [0.05, 0.1) is 21.6 Å². The van der Waals surface area contributed by atoms with E-state index in [2.05, 4.69) is 10.1 Å². The maximum atomic E-state index is 6.45. The molecule has 0 spiro atoms. The van der Waals surface area contributed by atoms with Crippen LogP contribution in [0.5, 0.6) is 0 Å². The van der Waals surface area contributed by atoms with Crippen molar-refractivity contribution in [3.05, 3.63) is 34.5 Å². The minimum Gasteiger partial charge on any atom is -0.250 e. The highest BCUT2D eigenvalue weighted by Gasteiger charge is 2.13. The Hall–Kier alpha value is -1.61. The number of rotatable bonds is 0. The standard InChI is InChI=1S/C13H12ClN3/c1-7-4-5-9-10(6-7)15-13-11(12(9)14)8(2)16-17(13)3/h4-6H,1-3H3. The van der Waals surface area contributed by atoms with Crippen molar-refractivity contribution in [2.45, 2.75) is 13.8 Å². The van der Waals surface area contributed by atoms with E-state index in [1.54, 1.807) is 4.68 Å². The molecule has 0 atom stereocenters. The van der Waals surface area contributed by atoms with E-state index in [0.29, 0.717) is 0 Å². The topological polar surface area (TPSA) is 30.7 Å². The normalized spacial score (nSPS) is 11.5. The number of benzene rings is 1. The summed E-state index contributed by atoms with van der Waals surface area (Å²) in [5.41, 5.74) is 3.86. The minimum atomic E-state index is 0.746. The van der Waals surface area contributed by atoms with Crippen molar-refractivity contribution in [3.8, 4) is 0 Å². The fraction of sp³-hybridized carbons (Fsp3) is 0.231. The lowest BCUT2D eigenvalue weighted by Gasteiger charge is -2.03. The predicted octanol–water partition coefficient (Wildman–Crippen LogP) is 3.39. The lowest BCUT2D eigenvalue weighted by molar-refractivity contribution is 0.775. The number of fused-ring (bicyclic) bond motifs is 2. The fourth-order valence-corrected chi connectivity index (χ4v) is 2.58. The first-order valence-corrected chi connectivity index (χ1v) is 5.85. The molecule has 1 aromatic carbocycles. The molecule has 3 rings (SSSR count). The summed E-state index contributed by atoms with van der Waals surface area (Å²) in [6.45, 7) is 4.00. The van der Waals surface area contributed by atoms with Gasteiger partial charge in [-0.05, 0) is 25.5 Å². The highest BCUT2D eigenvalue weighted by molar-refractivity contribution is 6.40. The van der Waals surface area contributed by atoms with E-state index >= 15 is 0 Å². The highest BCUT2D eigenvalue weighted by Crippen LogP contribution is 2.32. The van der Waals surface area contributed by atoms with E-state index in [4.69, 9.17) is 11.6 Å². The van der Waals surface area contributed by atoms with Gasteiger partial charge in [-0.1, -0.05) is 23.7 Å². The maximum Gasteiger partial charge on any atom is 0.159 e. The van der Waals surface area contributed by atoms with Crippen LogP contribution in [0.4, 0.5) is 0 Å². The lowest BCUT2D eigenvalue weighted by atomic mass is 10.1. The predicted molar refractivity (Wildman–Crippen MR) is 70.5 cm³/mol. The zero-order valence-corrected chi connectivity index (χ0v) is 10.7. The van der Waals surface area contributed by atoms with Crippen LogP contribution in [0.2, 0.25) is 5.02 Å². The van der Waals surface area contributed by atoms with E-state index in [-0.39, 0.29) is 0 Å². The lowest BCUT2D eigenvalue weighted by Crippen LogP contribution is -1.92. The van der Waals surface area contributed by atoms with Crippen LogP contribution in [0.15, 0.2) is 18.2 Å². The molecule has 3 nitrogen and oxygen atoms in total. The average molecular weight is 246 g/mol. The van der Waals surface area contributed by atoms with Crippen LogP contribution in [-0.4, -0.2) is 14.8 Å². The van der Waals surface area contributed by atoms with Gasteiger partial charge in [0.2, 0.25) is 0 Å². The van der Waals surface area contributed by atoms with Gasteiger partial charge in [0, 0.05) is 12.4 Å². The molecule has 0 amide bonds. The second-order valence-electron chi connectivity index (χ2n) is 4.35. The summed E-state index contributed by atoms with van der Waals surface area (Å²) in [6, 6.07) is 6.11. The Labute approximate surface area is 104 Å². The molecule has 0 radical (unpaired) electrons. The Kier molecular flexibility index (Phi) is 2.13. The van der Waals surface area contributed by atoms with Gasteiger partial charge < -0.3 is 0 Å². The molecule has 4 heteroatoms. The summed E-state index contributed by atoms with van der Waals surface area (Å²) in [6.07, 6.45) is 0. The fourth-order valence-electron chi connectivity index (χ4n) is 2.20. The Balaban J connectivity index is 2.59. The van der Waals surface area contributed by atoms with Gasteiger partial charge >= 0.3 is 0 Å². The van der Waals surface area contributed by atoms with Crippen molar-refractivity contribution in [1.29, 1.82) is 0 Å². The summed E-state index contributed by atoms with van der Waals surface area (Å²) < 4.78 is 1.78. The van der Waals surface area contributed by atoms with E-state index in [0.717, 1.165) is 32.7 Å². The third kappa shape index (κ3) is 1.42. The van der Waals surface area contributed by atoms with Crippen LogP contribution >= 0.6 is 11.6 Å². The van der Waals surface area contributed by atoms with E-state index < -0.39 is 0 Å². The van der Waals surface area contributed by atoms with E-state index in [1.165, 1.54) is 5.56 Å². The van der Waals surface area contributed by atoms with E-state index in [9.17, 15) is 0 Å². The van der Waals surface area contributed by atoms with Crippen LogP contribution in [0, 0.1) is 13.8 Å². The molecule has 3 aromatic rings. The van der Waals surface area contributed by atoms with Crippen LogP contribution < -0.4 is 0 Å². The Morgan fingerprint density at radius 1 is 1.24 bits per heavy atom. The quantitative estimate of drug-likeness (QED) is 0.608. The van der Waals surface area contributed by atoms with Crippen LogP contribution in [-0.2, 0) is 7.05 Å². The summed E-state index contributed by atoms with van der Waals surface area (Å²) in [4.78, 5) is 4.64. The molecule has 0 aliphatic carbocycles. The molecule has 2 heterocycles. The first kappa shape index (κ1) is 10.5. The number of aromatic nitrogens is 3. The zero-order valence-electron chi connectivity index (χ0n) is 9.95. The van der Waals surface area contributed by atoms with Gasteiger partial charge in [0.1, 0.15) is 0 Å². The van der Waals surface area contributed by atoms with Gasteiger partial charge in [0.25, 0.3) is 0 Å². The summed E-state index contributed by atoms with van der Waals surface area (Å²) in [5.74, 6) is 0. The molecule has 0 aliphatic rings. The molecule has 2 aromatic heterocycles. The molecule has 0 saturated heterocycles. The van der Waals surface area contributed by atoms with Crippen molar-refractivity contribution >= 4 is 33.5 Å². The second kappa shape index (κ2) is 3.44. The summed E-state index contributed by atoms with van der Waals surface area (Å²) in [7, 11) is 1.89. The highest BCUT2D eigenvalue weighted by atomic mass is 35.5. The molecule has 0 fully saturated rings. The number of pyridine rings is 1. The Morgan fingerprint density at radius 2 is 2.00 bits per heavy atom. The maximum absolute atomic E-state index is 6.45. The van der Waals surface area contributed by atoms with Crippen molar-refractivity contribution in [1.82, 2.24) is 14.8 Å². The molecule has 86 valence electrons. The van der Waals surface area contributed by atoms with Crippen LogP contribution in [0.25, 0.3) is 21.9 Å². The van der Waals surface area contributed by atoms with Gasteiger partial charge in [-0.15, -0.1) is 0 Å². The first-order valence-electron chi connectivity index (χ1n) is 5.47. The van der Waals surface area contributed by atoms with Crippen molar-refractivity contribution < 1.29 is 0 Å². The van der Waals surface area contributed by atoms with Gasteiger partial charge in [-0.2, -0.15) is 5.10 Å². The number of aryl methyl sites for hydroxylation is 3. The van der Waals surface area contributed by atoms with Gasteiger partial charge in [-0.25, -0.2) is 4.98 Å². The Morgan fingerprint density at radius 3 is 2.76 bits per heavy atom. The zero-order chi connectivity index (χ0) is 12.2. The van der Waals surface area contributed by atoms with Crippen LogP contribution in [0.1, 0.15) is 11.3 Å². The summed E-state index contributed by atoms with van der Waals surface area (Å²) in [5, 5.41) is 7.05. The third-order valence-corrected chi connectivity index (χ3v) is 3.42. The number of hydrogen-bond donors (Lipinski definition) is 0. The number of hydrogen-bond acceptors (Lipinski definition) is 2. The van der Waals surface area contributed by atoms with Gasteiger partial charge in [-0.3, -0.25) is 4.68 Å². The largest absolute Gasteiger partial charge is 0.250 e. The number of nitrogens with zero attached hydrogens (tertiary/aromatic N) is 3. The minimum absolute atomic E-state index is 0.746. The van der Waals surface area contributed by atoms with Crippen LogP contribution in [0.3, 0.4) is 0 Å². The number of halogens is 1. The molecule has 0 aliphatic heterocycles. The van der Waals surface area contributed by atoms with Crippen molar-refractivity contribution in [2.24, 2.45) is 7.05 Å². The first-order chi connectivity index (χ1) is 8.08. The molecule has 0 unspecified atom stereocenters. The smallest absolute Gasteiger partial charge is 0.159 e. The molecule has 0 bridgehead atoms. The SMILES string of the molecule is Cc1ccc2c(Cl)c3c(C)nn(C)c3nc2c1. The molecule has 0 saturated carbocycles. The Bertz CT molecular complexity index is 743. The molecule has 17 heavy (non-hydrogen) atoms. The molecular formula is C13H12ClN3. The average Bonchev–Trinajstić information content (AvgIpc) is 2.54. The summed E-state index contributed by atoms with van der Waals surface area (Å²) >= 11 is 6.45. The molecular weight excluding hydrogens is 234 g/mol. The molecule has 0 N–H and O–H groups in total.